The van der Waals surface area contributed by atoms with Crippen LogP contribution < -0.4 is 0 Å². The summed E-state index contributed by atoms with van der Waals surface area (Å²) < 4.78 is 27.6. The van der Waals surface area contributed by atoms with E-state index in [0.29, 0.717) is 5.69 Å². The Labute approximate surface area is 118 Å². The van der Waals surface area contributed by atoms with Gasteiger partial charge in [-0.05, 0) is 52.7 Å². The van der Waals surface area contributed by atoms with Crippen molar-refractivity contribution in [1.82, 2.24) is 4.98 Å². The van der Waals surface area contributed by atoms with Crippen LogP contribution in [0.5, 0.6) is 0 Å². The molecule has 2 rings (SSSR count). The van der Waals surface area contributed by atoms with Gasteiger partial charge in [0, 0.05) is 18.2 Å². The summed E-state index contributed by atoms with van der Waals surface area (Å²) in [4.78, 5) is 4.01. The molecular formula is C14H12BrF2NO. The van der Waals surface area contributed by atoms with Crippen LogP contribution in [0.15, 0.2) is 34.9 Å². The predicted octanol–water partition coefficient (Wildman–Crippen LogP) is 3.71. The summed E-state index contributed by atoms with van der Waals surface area (Å²) in [6, 6.07) is 5.94. The summed E-state index contributed by atoms with van der Waals surface area (Å²) >= 11 is 3.00. The van der Waals surface area contributed by atoms with Crippen LogP contribution in [0.3, 0.4) is 0 Å². The summed E-state index contributed by atoms with van der Waals surface area (Å²) in [5, 5.41) is 10.0. The fraction of sp³-hybridized carbons (Fsp3) is 0.214. The van der Waals surface area contributed by atoms with Crippen LogP contribution in [0.2, 0.25) is 0 Å². The maximum Gasteiger partial charge on any atom is 0.143 e. The summed E-state index contributed by atoms with van der Waals surface area (Å²) in [6.45, 7) is 1.86. The summed E-state index contributed by atoms with van der Waals surface area (Å²) in [7, 11) is 0. The van der Waals surface area contributed by atoms with Gasteiger partial charge in [-0.3, -0.25) is 4.98 Å². The molecule has 2 aromatic rings. The minimum Gasteiger partial charge on any atom is -0.386 e. The Morgan fingerprint density at radius 1 is 1.32 bits per heavy atom. The molecule has 19 heavy (non-hydrogen) atoms. The third-order valence-electron chi connectivity index (χ3n) is 2.81. The number of hydrogen-bond donors (Lipinski definition) is 1. The lowest BCUT2D eigenvalue weighted by molar-refractivity contribution is 0.170. The number of benzene rings is 1. The number of aromatic nitrogens is 1. The first-order chi connectivity index (χ1) is 8.99. The molecular weight excluding hydrogens is 316 g/mol. The monoisotopic (exact) mass is 327 g/mol. The second kappa shape index (κ2) is 5.75. The highest BCUT2D eigenvalue weighted by Gasteiger charge is 2.18. The number of pyridine rings is 1. The van der Waals surface area contributed by atoms with Crippen molar-refractivity contribution in [2.75, 3.05) is 0 Å². The highest BCUT2D eigenvalue weighted by atomic mass is 79.9. The van der Waals surface area contributed by atoms with Crippen molar-refractivity contribution < 1.29 is 13.9 Å². The van der Waals surface area contributed by atoms with E-state index in [-0.39, 0.29) is 16.5 Å². The minimum atomic E-state index is -1.04. The third kappa shape index (κ3) is 3.16. The van der Waals surface area contributed by atoms with Crippen LogP contribution in [-0.2, 0) is 6.42 Å². The summed E-state index contributed by atoms with van der Waals surface area (Å²) in [6.07, 6.45) is 0.355. The Balaban J connectivity index is 2.29. The summed E-state index contributed by atoms with van der Waals surface area (Å²) in [5.74, 6) is -1.36. The highest BCUT2D eigenvalue weighted by molar-refractivity contribution is 9.10. The van der Waals surface area contributed by atoms with Gasteiger partial charge in [0.2, 0.25) is 0 Å². The van der Waals surface area contributed by atoms with Gasteiger partial charge in [0.05, 0.1) is 10.2 Å². The SMILES string of the molecule is Cc1ccnc(C(O)Cc2c(F)ccc(Br)c2F)c1. The van der Waals surface area contributed by atoms with Gasteiger partial charge >= 0.3 is 0 Å². The van der Waals surface area contributed by atoms with E-state index in [2.05, 4.69) is 20.9 Å². The second-order valence-corrected chi connectivity index (χ2v) is 5.15. The third-order valence-corrected chi connectivity index (χ3v) is 3.43. The quantitative estimate of drug-likeness (QED) is 0.872. The van der Waals surface area contributed by atoms with Gasteiger partial charge in [-0.1, -0.05) is 0 Å². The Morgan fingerprint density at radius 3 is 2.74 bits per heavy atom. The number of aliphatic hydroxyl groups excluding tert-OH is 1. The van der Waals surface area contributed by atoms with E-state index in [0.717, 1.165) is 5.56 Å². The smallest absolute Gasteiger partial charge is 0.143 e. The van der Waals surface area contributed by atoms with Crippen LogP contribution in [0, 0.1) is 18.6 Å². The molecule has 0 bridgehead atoms. The van der Waals surface area contributed by atoms with Crippen molar-refractivity contribution >= 4 is 15.9 Å². The largest absolute Gasteiger partial charge is 0.386 e. The topological polar surface area (TPSA) is 33.1 Å². The molecule has 0 aliphatic heterocycles. The highest BCUT2D eigenvalue weighted by Crippen LogP contribution is 2.26. The first kappa shape index (κ1) is 14.1. The Kier molecular flexibility index (Phi) is 4.27. The number of hydrogen-bond acceptors (Lipinski definition) is 2. The van der Waals surface area contributed by atoms with Gasteiger partial charge in [-0.2, -0.15) is 0 Å². The van der Waals surface area contributed by atoms with E-state index in [1.54, 1.807) is 18.3 Å². The van der Waals surface area contributed by atoms with E-state index in [1.807, 2.05) is 6.92 Å². The van der Waals surface area contributed by atoms with Crippen molar-refractivity contribution in [2.24, 2.45) is 0 Å². The van der Waals surface area contributed by atoms with Gasteiger partial charge in [0.15, 0.2) is 0 Å². The Bertz CT molecular complexity index is 604. The maximum atomic E-state index is 13.8. The molecule has 1 heterocycles. The van der Waals surface area contributed by atoms with Crippen LogP contribution in [0.4, 0.5) is 8.78 Å². The number of halogens is 3. The van der Waals surface area contributed by atoms with Crippen molar-refractivity contribution in [3.8, 4) is 0 Å². The van der Waals surface area contributed by atoms with E-state index in [4.69, 9.17) is 0 Å². The lowest BCUT2D eigenvalue weighted by Gasteiger charge is -2.12. The fourth-order valence-electron chi connectivity index (χ4n) is 1.80. The average Bonchev–Trinajstić information content (AvgIpc) is 2.39. The van der Waals surface area contributed by atoms with E-state index in [1.165, 1.54) is 12.1 Å². The first-order valence-electron chi connectivity index (χ1n) is 5.72. The predicted molar refractivity (Wildman–Crippen MR) is 71.7 cm³/mol. The van der Waals surface area contributed by atoms with E-state index >= 15 is 0 Å². The van der Waals surface area contributed by atoms with E-state index < -0.39 is 17.7 Å². The zero-order chi connectivity index (χ0) is 14.0. The molecule has 0 aliphatic carbocycles. The lowest BCUT2D eigenvalue weighted by Crippen LogP contribution is -2.08. The zero-order valence-electron chi connectivity index (χ0n) is 10.2. The summed E-state index contributed by atoms with van der Waals surface area (Å²) in [5.41, 5.74) is 1.18. The molecule has 1 aromatic carbocycles. The molecule has 1 atom stereocenters. The van der Waals surface area contributed by atoms with Gasteiger partial charge < -0.3 is 5.11 Å². The number of nitrogens with zero attached hydrogens (tertiary/aromatic N) is 1. The first-order valence-corrected chi connectivity index (χ1v) is 6.51. The lowest BCUT2D eigenvalue weighted by atomic mass is 10.0. The Morgan fingerprint density at radius 2 is 2.05 bits per heavy atom. The molecule has 2 nitrogen and oxygen atoms in total. The van der Waals surface area contributed by atoms with E-state index in [9.17, 15) is 13.9 Å². The van der Waals surface area contributed by atoms with Crippen molar-refractivity contribution in [3.05, 3.63) is 63.4 Å². The van der Waals surface area contributed by atoms with Crippen LogP contribution in [0.1, 0.15) is 22.9 Å². The molecule has 100 valence electrons. The average molecular weight is 328 g/mol. The van der Waals surface area contributed by atoms with Crippen LogP contribution >= 0.6 is 15.9 Å². The van der Waals surface area contributed by atoms with Crippen molar-refractivity contribution in [1.29, 1.82) is 0 Å². The maximum absolute atomic E-state index is 13.8. The molecule has 0 radical (unpaired) electrons. The number of rotatable bonds is 3. The fourth-order valence-corrected chi connectivity index (χ4v) is 2.17. The standard InChI is InChI=1S/C14H12BrF2NO/c1-8-4-5-18-12(6-8)13(19)7-9-11(16)3-2-10(15)14(9)17/h2-6,13,19H,7H2,1H3. The molecule has 0 spiro atoms. The molecule has 0 saturated carbocycles. The molecule has 1 aromatic heterocycles. The molecule has 1 N–H and O–H groups in total. The van der Waals surface area contributed by atoms with Gasteiger partial charge in [0.1, 0.15) is 17.7 Å². The number of aryl methyl sites for hydroxylation is 1. The van der Waals surface area contributed by atoms with Gasteiger partial charge in [-0.15, -0.1) is 0 Å². The van der Waals surface area contributed by atoms with Gasteiger partial charge in [-0.25, -0.2) is 8.78 Å². The second-order valence-electron chi connectivity index (χ2n) is 4.30. The minimum absolute atomic E-state index is 0.148. The van der Waals surface area contributed by atoms with Crippen LogP contribution in [-0.4, -0.2) is 10.1 Å². The Hall–Kier alpha value is -1.33. The van der Waals surface area contributed by atoms with Crippen molar-refractivity contribution in [2.45, 2.75) is 19.4 Å². The molecule has 0 fully saturated rings. The molecule has 1 unspecified atom stereocenters. The van der Waals surface area contributed by atoms with Gasteiger partial charge in [0.25, 0.3) is 0 Å². The molecule has 0 saturated heterocycles. The molecule has 0 aliphatic rings. The van der Waals surface area contributed by atoms with Crippen molar-refractivity contribution in [3.63, 3.8) is 0 Å². The normalized spacial score (nSPS) is 12.5. The zero-order valence-corrected chi connectivity index (χ0v) is 11.8. The number of aliphatic hydroxyl groups is 1. The molecule has 0 amide bonds. The van der Waals surface area contributed by atoms with Crippen LogP contribution in [0.25, 0.3) is 0 Å². The molecule has 5 heteroatoms.